The first-order chi connectivity index (χ1) is 15.4. The molecular formula is C23H20N2O7. The molecule has 0 amide bonds. The average molecular weight is 436 g/mol. The van der Waals surface area contributed by atoms with Crippen LogP contribution in [0.1, 0.15) is 45.7 Å². The molecule has 0 N–H and O–H groups in total. The van der Waals surface area contributed by atoms with Gasteiger partial charge >= 0.3 is 17.6 Å². The second-order valence-electron chi connectivity index (χ2n) is 7.12. The number of ketones is 2. The van der Waals surface area contributed by atoms with E-state index in [-0.39, 0.29) is 52.3 Å². The third-order valence-electron chi connectivity index (χ3n) is 5.25. The molecule has 0 fully saturated rings. The molecule has 0 spiro atoms. The molecule has 4 rings (SSSR count). The Kier molecular flexibility index (Phi) is 5.48. The normalized spacial score (nSPS) is 12.4. The van der Waals surface area contributed by atoms with Crippen molar-refractivity contribution in [3.63, 3.8) is 0 Å². The summed E-state index contributed by atoms with van der Waals surface area (Å²) in [5, 5.41) is 0. The Morgan fingerprint density at radius 3 is 1.91 bits per heavy atom. The third kappa shape index (κ3) is 3.31. The number of hydrogen-bond acceptors (Lipinski definition) is 7. The summed E-state index contributed by atoms with van der Waals surface area (Å²) < 4.78 is 12.1. The van der Waals surface area contributed by atoms with Gasteiger partial charge in [0, 0.05) is 16.7 Å². The van der Waals surface area contributed by atoms with Crippen molar-refractivity contribution in [2.45, 2.75) is 26.9 Å². The Hall–Kier alpha value is -4.01. The minimum Gasteiger partial charge on any atom is -0.465 e. The standard InChI is InChI=1S/C23H20N2O7/c1-3-31-17(26)11-24-16-10-9-15-19(20(16)25(23(24)30)12-18(27)32-4-2)22(29)14-8-6-5-7-13(14)21(15)28/h5-10H,3-4,11-12H2,1-2H3. The third-order valence-corrected chi connectivity index (χ3v) is 5.25. The zero-order valence-electron chi connectivity index (χ0n) is 17.5. The van der Waals surface area contributed by atoms with E-state index in [0.29, 0.717) is 0 Å². The topological polar surface area (TPSA) is 114 Å². The van der Waals surface area contributed by atoms with Gasteiger partial charge in [-0.25, -0.2) is 4.79 Å². The fourth-order valence-corrected chi connectivity index (χ4v) is 3.96. The summed E-state index contributed by atoms with van der Waals surface area (Å²) in [7, 11) is 0. The molecule has 0 aliphatic heterocycles. The number of rotatable bonds is 6. The number of ether oxygens (including phenoxy) is 2. The first-order valence-electron chi connectivity index (χ1n) is 10.1. The van der Waals surface area contributed by atoms with E-state index in [0.717, 1.165) is 9.13 Å². The molecule has 9 heteroatoms. The second kappa shape index (κ2) is 8.26. The van der Waals surface area contributed by atoms with Crippen LogP contribution >= 0.6 is 0 Å². The fourth-order valence-electron chi connectivity index (χ4n) is 3.96. The Morgan fingerprint density at radius 2 is 1.31 bits per heavy atom. The zero-order valence-corrected chi connectivity index (χ0v) is 17.5. The van der Waals surface area contributed by atoms with Crippen molar-refractivity contribution in [1.29, 1.82) is 0 Å². The van der Waals surface area contributed by atoms with Crippen LogP contribution in [-0.2, 0) is 32.2 Å². The molecule has 32 heavy (non-hydrogen) atoms. The number of aromatic nitrogens is 2. The molecule has 1 aliphatic rings. The number of carbonyl (C=O) groups is 4. The number of carbonyl (C=O) groups excluding carboxylic acids is 4. The van der Waals surface area contributed by atoms with Crippen LogP contribution in [-0.4, -0.2) is 45.9 Å². The van der Waals surface area contributed by atoms with E-state index in [4.69, 9.17) is 9.47 Å². The molecule has 0 bridgehead atoms. The summed E-state index contributed by atoms with van der Waals surface area (Å²) >= 11 is 0. The Labute approximate surface area is 182 Å². The molecular weight excluding hydrogens is 416 g/mol. The highest BCUT2D eigenvalue weighted by Gasteiger charge is 2.34. The van der Waals surface area contributed by atoms with Crippen molar-refractivity contribution in [2.75, 3.05) is 13.2 Å². The maximum Gasteiger partial charge on any atom is 0.330 e. The summed E-state index contributed by atoms with van der Waals surface area (Å²) in [5.74, 6) is -2.12. The predicted molar refractivity (Wildman–Crippen MR) is 113 cm³/mol. The van der Waals surface area contributed by atoms with Gasteiger partial charge in [0.2, 0.25) is 0 Å². The summed E-state index contributed by atoms with van der Waals surface area (Å²) in [6.07, 6.45) is 0. The van der Waals surface area contributed by atoms with E-state index in [1.54, 1.807) is 38.1 Å². The van der Waals surface area contributed by atoms with Crippen molar-refractivity contribution in [1.82, 2.24) is 9.13 Å². The van der Waals surface area contributed by atoms with Gasteiger partial charge in [0.05, 0.1) is 29.8 Å². The van der Waals surface area contributed by atoms with Crippen molar-refractivity contribution in [2.24, 2.45) is 0 Å². The number of benzene rings is 2. The van der Waals surface area contributed by atoms with Gasteiger partial charge in [-0.2, -0.15) is 0 Å². The highest BCUT2D eigenvalue weighted by molar-refractivity contribution is 6.31. The maximum atomic E-state index is 13.4. The van der Waals surface area contributed by atoms with Crippen molar-refractivity contribution in [3.8, 4) is 0 Å². The lowest BCUT2D eigenvalue weighted by molar-refractivity contribution is -0.144. The van der Waals surface area contributed by atoms with Crippen molar-refractivity contribution in [3.05, 3.63) is 69.1 Å². The van der Waals surface area contributed by atoms with Crippen LogP contribution in [0.25, 0.3) is 11.0 Å². The lowest BCUT2D eigenvalue weighted by Crippen LogP contribution is -2.30. The molecule has 1 aliphatic carbocycles. The highest BCUT2D eigenvalue weighted by atomic mass is 16.5. The van der Waals surface area contributed by atoms with E-state index in [2.05, 4.69) is 0 Å². The van der Waals surface area contributed by atoms with Gasteiger partial charge < -0.3 is 9.47 Å². The first kappa shape index (κ1) is 21.2. The Morgan fingerprint density at radius 1 is 0.750 bits per heavy atom. The summed E-state index contributed by atoms with van der Waals surface area (Å²) in [6, 6.07) is 9.38. The molecule has 2 aromatic carbocycles. The van der Waals surface area contributed by atoms with Crippen molar-refractivity contribution < 1.29 is 28.7 Å². The van der Waals surface area contributed by atoms with Gasteiger partial charge in [-0.05, 0) is 26.0 Å². The summed E-state index contributed by atoms with van der Waals surface area (Å²) in [4.78, 5) is 64.0. The van der Waals surface area contributed by atoms with Crippen LogP contribution in [0.15, 0.2) is 41.2 Å². The molecule has 9 nitrogen and oxygen atoms in total. The molecule has 3 aromatic rings. The SMILES string of the molecule is CCOC(=O)Cn1c(=O)n(CC(=O)OCC)c2c3c(ccc21)C(=O)c1ccccc1C3=O. The van der Waals surface area contributed by atoms with Gasteiger partial charge in [-0.15, -0.1) is 0 Å². The smallest absolute Gasteiger partial charge is 0.330 e. The van der Waals surface area contributed by atoms with E-state index in [1.807, 2.05) is 0 Å². The van der Waals surface area contributed by atoms with Crippen LogP contribution in [0, 0.1) is 0 Å². The summed E-state index contributed by atoms with van der Waals surface area (Å²) in [6.45, 7) is 2.63. The Bertz CT molecular complexity index is 1350. The van der Waals surface area contributed by atoms with E-state index in [9.17, 15) is 24.0 Å². The quantitative estimate of drug-likeness (QED) is 0.423. The average Bonchev–Trinajstić information content (AvgIpc) is 3.03. The lowest BCUT2D eigenvalue weighted by atomic mass is 9.83. The number of nitrogens with zero attached hydrogens (tertiary/aromatic N) is 2. The minimum absolute atomic E-state index is 0.0233. The molecule has 1 heterocycles. The molecule has 164 valence electrons. The number of esters is 2. The van der Waals surface area contributed by atoms with E-state index < -0.39 is 36.5 Å². The summed E-state index contributed by atoms with van der Waals surface area (Å²) in [5.41, 5.74) is 0.306. The Balaban J connectivity index is 2.00. The van der Waals surface area contributed by atoms with Gasteiger partial charge in [0.25, 0.3) is 0 Å². The molecule has 0 saturated heterocycles. The molecule has 0 saturated carbocycles. The van der Waals surface area contributed by atoms with E-state index >= 15 is 0 Å². The number of imidazole rings is 1. The highest BCUT2D eigenvalue weighted by Crippen LogP contribution is 2.32. The fraction of sp³-hybridized carbons (Fsp3) is 0.261. The number of hydrogen-bond donors (Lipinski definition) is 0. The molecule has 1 aromatic heterocycles. The van der Waals surface area contributed by atoms with Gasteiger partial charge in [0.1, 0.15) is 13.1 Å². The van der Waals surface area contributed by atoms with Crippen molar-refractivity contribution >= 4 is 34.5 Å². The minimum atomic E-state index is -0.686. The first-order valence-corrected chi connectivity index (χ1v) is 10.1. The lowest BCUT2D eigenvalue weighted by Gasteiger charge is -2.18. The molecule has 0 atom stereocenters. The monoisotopic (exact) mass is 436 g/mol. The maximum absolute atomic E-state index is 13.4. The van der Waals surface area contributed by atoms with Crippen LogP contribution in [0.4, 0.5) is 0 Å². The molecule has 0 unspecified atom stereocenters. The van der Waals surface area contributed by atoms with Crippen LogP contribution in [0.5, 0.6) is 0 Å². The van der Waals surface area contributed by atoms with Gasteiger partial charge in [-0.1, -0.05) is 24.3 Å². The predicted octanol–water partition coefficient (Wildman–Crippen LogP) is 1.70. The number of fused-ring (bicyclic) bond motifs is 4. The van der Waals surface area contributed by atoms with Gasteiger partial charge in [0.15, 0.2) is 11.6 Å². The van der Waals surface area contributed by atoms with Crippen LogP contribution in [0.2, 0.25) is 0 Å². The van der Waals surface area contributed by atoms with Crippen LogP contribution in [0.3, 0.4) is 0 Å². The second-order valence-corrected chi connectivity index (χ2v) is 7.12. The van der Waals surface area contributed by atoms with E-state index in [1.165, 1.54) is 12.1 Å². The van der Waals surface area contributed by atoms with Crippen LogP contribution < -0.4 is 5.69 Å². The molecule has 0 radical (unpaired) electrons. The van der Waals surface area contributed by atoms with Gasteiger partial charge in [-0.3, -0.25) is 28.3 Å². The largest absolute Gasteiger partial charge is 0.465 e. The zero-order chi connectivity index (χ0) is 23.0.